The Bertz CT molecular complexity index is 527. The van der Waals surface area contributed by atoms with Crippen LogP contribution in [0.15, 0.2) is 12.1 Å². The molecule has 0 unspecified atom stereocenters. The second kappa shape index (κ2) is 5.05. The summed E-state index contributed by atoms with van der Waals surface area (Å²) in [5, 5.41) is 9.22. The predicted octanol–water partition coefficient (Wildman–Crippen LogP) is 1.36. The number of anilines is 1. The molecule has 1 saturated heterocycles. The quantitative estimate of drug-likeness (QED) is 0.886. The van der Waals surface area contributed by atoms with Gasteiger partial charge in [0.25, 0.3) is 0 Å². The summed E-state index contributed by atoms with van der Waals surface area (Å²) in [7, 11) is 2.84. The van der Waals surface area contributed by atoms with Gasteiger partial charge in [-0.25, -0.2) is 9.59 Å². The number of hydrogen-bond donors (Lipinski definition) is 1. The zero-order valence-electron chi connectivity index (χ0n) is 10.5. The maximum absolute atomic E-state index is 11.5. The molecule has 1 aromatic rings. The van der Waals surface area contributed by atoms with Crippen molar-refractivity contribution >= 4 is 17.7 Å². The summed E-state index contributed by atoms with van der Waals surface area (Å²) < 4.78 is 15.0. The van der Waals surface area contributed by atoms with Crippen molar-refractivity contribution in [1.29, 1.82) is 0 Å². The van der Waals surface area contributed by atoms with Gasteiger partial charge in [-0.1, -0.05) is 0 Å². The van der Waals surface area contributed by atoms with Gasteiger partial charge >= 0.3 is 12.1 Å². The number of carbonyl (C=O) groups excluding carboxylic acids is 1. The zero-order valence-corrected chi connectivity index (χ0v) is 10.5. The second-order valence-electron chi connectivity index (χ2n) is 3.80. The van der Waals surface area contributed by atoms with Crippen LogP contribution >= 0.6 is 0 Å². The smallest absolute Gasteiger partial charge is 0.414 e. The summed E-state index contributed by atoms with van der Waals surface area (Å²) in [5.74, 6) is -0.519. The molecule has 102 valence electrons. The maximum atomic E-state index is 11.5. The highest BCUT2D eigenvalue weighted by Gasteiger charge is 2.29. The van der Waals surface area contributed by atoms with E-state index in [1.165, 1.54) is 31.3 Å². The third-order valence-electron chi connectivity index (χ3n) is 2.78. The average molecular weight is 267 g/mol. The Morgan fingerprint density at radius 2 is 1.95 bits per heavy atom. The molecule has 1 aliphatic heterocycles. The molecule has 2 rings (SSSR count). The van der Waals surface area contributed by atoms with Gasteiger partial charge in [0.2, 0.25) is 0 Å². The first-order valence-electron chi connectivity index (χ1n) is 5.52. The van der Waals surface area contributed by atoms with Crippen molar-refractivity contribution in [3.05, 3.63) is 17.7 Å². The fraction of sp³-hybridized carbons (Fsp3) is 0.333. The molecule has 0 saturated carbocycles. The molecule has 0 spiro atoms. The number of methoxy groups -OCH3 is 2. The van der Waals surface area contributed by atoms with Crippen LogP contribution in [-0.4, -0.2) is 44.5 Å². The van der Waals surface area contributed by atoms with Crippen LogP contribution in [0.2, 0.25) is 0 Å². The van der Waals surface area contributed by atoms with Crippen LogP contribution in [0, 0.1) is 0 Å². The van der Waals surface area contributed by atoms with E-state index in [1.54, 1.807) is 0 Å². The van der Waals surface area contributed by atoms with Gasteiger partial charge in [0, 0.05) is 12.1 Å². The Hall–Kier alpha value is -2.44. The van der Waals surface area contributed by atoms with Gasteiger partial charge in [0.05, 0.1) is 32.0 Å². The van der Waals surface area contributed by atoms with E-state index in [4.69, 9.17) is 14.2 Å². The number of nitrogens with zero attached hydrogens (tertiary/aromatic N) is 1. The van der Waals surface area contributed by atoms with E-state index in [9.17, 15) is 14.7 Å². The van der Waals surface area contributed by atoms with Gasteiger partial charge in [0.15, 0.2) is 11.5 Å². The van der Waals surface area contributed by atoms with Crippen LogP contribution in [-0.2, 0) is 4.74 Å². The molecule has 19 heavy (non-hydrogen) atoms. The highest BCUT2D eigenvalue weighted by molar-refractivity contribution is 6.01. The zero-order chi connectivity index (χ0) is 14.0. The second-order valence-corrected chi connectivity index (χ2v) is 3.80. The molecule has 0 aliphatic carbocycles. The van der Waals surface area contributed by atoms with Gasteiger partial charge in [0.1, 0.15) is 6.61 Å². The first-order valence-corrected chi connectivity index (χ1v) is 5.52. The summed E-state index contributed by atoms with van der Waals surface area (Å²) >= 11 is 0. The molecule has 1 N–H and O–H groups in total. The van der Waals surface area contributed by atoms with Crippen molar-refractivity contribution in [3.63, 3.8) is 0 Å². The van der Waals surface area contributed by atoms with Crippen LogP contribution in [0.4, 0.5) is 10.5 Å². The molecule has 1 amide bonds. The largest absolute Gasteiger partial charge is 0.493 e. The maximum Gasteiger partial charge on any atom is 0.414 e. The molecule has 1 aromatic carbocycles. The van der Waals surface area contributed by atoms with Crippen molar-refractivity contribution in [2.75, 3.05) is 32.3 Å². The Morgan fingerprint density at radius 1 is 1.32 bits per heavy atom. The van der Waals surface area contributed by atoms with E-state index in [2.05, 4.69) is 0 Å². The number of benzene rings is 1. The minimum absolute atomic E-state index is 0.0449. The summed E-state index contributed by atoms with van der Waals surface area (Å²) in [4.78, 5) is 24.1. The van der Waals surface area contributed by atoms with E-state index in [-0.39, 0.29) is 23.6 Å². The Labute approximate surface area is 109 Å². The van der Waals surface area contributed by atoms with E-state index in [0.29, 0.717) is 12.3 Å². The molecule has 0 bridgehead atoms. The minimum atomic E-state index is -1.16. The molecule has 1 heterocycles. The summed E-state index contributed by atoms with van der Waals surface area (Å²) in [6.45, 7) is 0.529. The summed E-state index contributed by atoms with van der Waals surface area (Å²) in [5.41, 5.74) is 0.184. The Kier molecular flexibility index (Phi) is 3.46. The molecule has 0 aromatic heterocycles. The van der Waals surface area contributed by atoms with Crippen molar-refractivity contribution in [1.82, 2.24) is 0 Å². The van der Waals surface area contributed by atoms with E-state index >= 15 is 0 Å². The lowest BCUT2D eigenvalue weighted by atomic mass is 10.1. The van der Waals surface area contributed by atoms with Gasteiger partial charge in [-0.2, -0.15) is 0 Å². The summed E-state index contributed by atoms with van der Waals surface area (Å²) in [6, 6.07) is 2.77. The number of carboxylic acid groups (broad SMARTS) is 1. The fourth-order valence-corrected chi connectivity index (χ4v) is 1.88. The van der Waals surface area contributed by atoms with Gasteiger partial charge in [-0.15, -0.1) is 0 Å². The third-order valence-corrected chi connectivity index (χ3v) is 2.78. The number of aromatic carboxylic acids is 1. The number of rotatable bonds is 4. The highest BCUT2D eigenvalue weighted by Crippen LogP contribution is 2.36. The minimum Gasteiger partial charge on any atom is -0.493 e. The molecule has 0 radical (unpaired) electrons. The van der Waals surface area contributed by atoms with Crippen molar-refractivity contribution < 1.29 is 28.9 Å². The SMILES string of the molecule is COc1cc(C(=O)O)c(N2CCOC2=O)cc1OC. The summed E-state index contributed by atoms with van der Waals surface area (Å²) in [6.07, 6.45) is -0.574. The molecular weight excluding hydrogens is 254 g/mol. The van der Waals surface area contributed by atoms with Crippen molar-refractivity contribution in [3.8, 4) is 11.5 Å². The third kappa shape index (κ3) is 2.26. The van der Waals surface area contributed by atoms with Crippen molar-refractivity contribution in [2.24, 2.45) is 0 Å². The lowest BCUT2D eigenvalue weighted by Gasteiger charge is -2.18. The molecule has 1 aliphatic rings. The number of carbonyl (C=O) groups is 2. The predicted molar refractivity (Wildman–Crippen MR) is 65.2 cm³/mol. The highest BCUT2D eigenvalue weighted by atomic mass is 16.6. The number of cyclic esters (lactones) is 1. The molecule has 7 heteroatoms. The standard InChI is InChI=1S/C12H13NO6/c1-17-9-5-7(11(14)15)8(6-10(9)18-2)13-3-4-19-12(13)16/h5-6H,3-4H2,1-2H3,(H,14,15). The van der Waals surface area contributed by atoms with Crippen LogP contribution in [0.3, 0.4) is 0 Å². The number of amides is 1. The van der Waals surface area contributed by atoms with Crippen LogP contribution < -0.4 is 14.4 Å². The number of ether oxygens (including phenoxy) is 3. The van der Waals surface area contributed by atoms with E-state index in [0.717, 1.165) is 0 Å². The normalized spacial score (nSPS) is 14.2. The van der Waals surface area contributed by atoms with Crippen molar-refractivity contribution in [2.45, 2.75) is 0 Å². The molecule has 0 atom stereocenters. The van der Waals surface area contributed by atoms with Gasteiger partial charge < -0.3 is 19.3 Å². The molecule has 7 nitrogen and oxygen atoms in total. The lowest BCUT2D eigenvalue weighted by Crippen LogP contribution is -2.25. The van der Waals surface area contributed by atoms with Crippen LogP contribution in [0.5, 0.6) is 11.5 Å². The van der Waals surface area contributed by atoms with Gasteiger partial charge in [-0.05, 0) is 0 Å². The van der Waals surface area contributed by atoms with Crippen LogP contribution in [0.1, 0.15) is 10.4 Å². The fourth-order valence-electron chi connectivity index (χ4n) is 1.88. The topological polar surface area (TPSA) is 85.3 Å². The Balaban J connectivity index is 2.56. The monoisotopic (exact) mass is 267 g/mol. The molecule has 1 fully saturated rings. The average Bonchev–Trinajstić information content (AvgIpc) is 2.83. The lowest BCUT2D eigenvalue weighted by molar-refractivity contribution is 0.0697. The Morgan fingerprint density at radius 3 is 2.42 bits per heavy atom. The first-order chi connectivity index (χ1) is 9.08. The molecular formula is C12H13NO6. The van der Waals surface area contributed by atoms with Gasteiger partial charge in [-0.3, -0.25) is 4.90 Å². The van der Waals surface area contributed by atoms with Crippen LogP contribution in [0.25, 0.3) is 0 Å². The van der Waals surface area contributed by atoms with E-state index < -0.39 is 12.1 Å². The number of hydrogen-bond acceptors (Lipinski definition) is 5. The number of carboxylic acids is 1. The first kappa shape index (κ1) is 13.0. The van der Waals surface area contributed by atoms with E-state index in [1.807, 2.05) is 0 Å².